The standard InChI is InChI=1S/C22H18Cl2N4O2S/c1-14(21(29)25-17-10-5-9-16(23)19(17)24)31-22-27-26-20(18-11-6-12-30-18)28(22)13-15-7-3-2-4-8-15/h2-12,14H,13H2,1H3,(H,25,29). The monoisotopic (exact) mass is 472 g/mol. The van der Waals surface area contributed by atoms with Gasteiger partial charge in [0.2, 0.25) is 11.7 Å². The first-order chi connectivity index (χ1) is 15.0. The second-order valence-electron chi connectivity index (χ2n) is 6.71. The smallest absolute Gasteiger partial charge is 0.237 e. The summed E-state index contributed by atoms with van der Waals surface area (Å²) < 4.78 is 7.47. The van der Waals surface area contributed by atoms with Crippen LogP contribution in [0.25, 0.3) is 11.6 Å². The maximum Gasteiger partial charge on any atom is 0.237 e. The molecule has 0 bridgehead atoms. The van der Waals surface area contributed by atoms with E-state index in [1.54, 1.807) is 37.5 Å². The molecule has 31 heavy (non-hydrogen) atoms. The first-order valence-electron chi connectivity index (χ1n) is 9.45. The first kappa shape index (κ1) is 21.5. The zero-order valence-electron chi connectivity index (χ0n) is 16.5. The summed E-state index contributed by atoms with van der Waals surface area (Å²) in [5.74, 6) is 0.989. The van der Waals surface area contributed by atoms with Crippen molar-refractivity contribution in [2.45, 2.75) is 23.9 Å². The Hall–Kier alpha value is -2.74. The molecule has 0 aliphatic carbocycles. The molecule has 0 saturated heterocycles. The van der Waals surface area contributed by atoms with Gasteiger partial charge in [-0.05, 0) is 36.8 Å². The minimum atomic E-state index is -0.460. The number of carbonyl (C=O) groups is 1. The van der Waals surface area contributed by atoms with Crippen molar-refractivity contribution in [3.8, 4) is 11.6 Å². The zero-order chi connectivity index (χ0) is 21.8. The van der Waals surface area contributed by atoms with Crippen LogP contribution in [0.4, 0.5) is 5.69 Å². The number of aromatic nitrogens is 3. The highest BCUT2D eigenvalue weighted by Gasteiger charge is 2.22. The molecule has 158 valence electrons. The average Bonchev–Trinajstić information content (AvgIpc) is 3.43. The Bertz CT molecular complexity index is 1180. The quantitative estimate of drug-likeness (QED) is 0.333. The second-order valence-corrected chi connectivity index (χ2v) is 8.80. The van der Waals surface area contributed by atoms with Crippen LogP contribution in [0.1, 0.15) is 12.5 Å². The molecule has 1 amide bonds. The number of rotatable bonds is 7. The van der Waals surface area contributed by atoms with E-state index in [-0.39, 0.29) is 5.91 Å². The van der Waals surface area contributed by atoms with Crippen LogP contribution >= 0.6 is 35.0 Å². The molecule has 4 aromatic rings. The molecule has 0 aliphatic rings. The van der Waals surface area contributed by atoms with E-state index in [1.807, 2.05) is 41.0 Å². The Labute approximate surface area is 193 Å². The number of nitrogens with one attached hydrogen (secondary N) is 1. The molecule has 6 nitrogen and oxygen atoms in total. The zero-order valence-corrected chi connectivity index (χ0v) is 18.8. The first-order valence-corrected chi connectivity index (χ1v) is 11.1. The van der Waals surface area contributed by atoms with E-state index in [9.17, 15) is 4.79 Å². The lowest BCUT2D eigenvalue weighted by Gasteiger charge is -2.14. The van der Waals surface area contributed by atoms with E-state index in [4.69, 9.17) is 27.6 Å². The summed E-state index contributed by atoms with van der Waals surface area (Å²) in [6.45, 7) is 2.34. The maximum absolute atomic E-state index is 12.8. The van der Waals surface area contributed by atoms with Gasteiger partial charge in [-0.25, -0.2) is 0 Å². The average molecular weight is 473 g/mol. The Morgan fingerprint density at radius 2 is 1.90 bits per heavy atom. The van der Waals surface area contributed by atoms with E-state index in [1.165, 1.54) is 11.8 Å². The Morgan fingerprint density at radius 1 is 1.10 bits per heavy atom. The van der Waals surface area contributed by atoms with Crippen LogP contribution < -0.4 is 5.32 Å². The van der Waals surface area contributed by atoms with Crippen molar-refractivity contribution in [1.82, 2.24) is 14.8 Å². The number of carbonyl (C=O) groups excluding carboxylic acids is 1. The number of hydrogen-bond donors (Lipinski definition) is 1. The minimum Gasteiger partial charge on any atom is -0.461 e. The predicted molar refractivity (Wildman–Crippen MR) is 124 cm³/mol. The number of halogens is 2. The molecule has 9 heteroatoms. The molecule has 2 aromatic heterocycles. The van der Waals surface area contributed by atoms with Crippen LogP contribution in [-0.4, -0.2) is 25.9 Å². The highest BCUT2D eigenvalue weighted by molar-refractivity contribution is 8.00. The number of amides is 1. The number of anilines is 1. The number of nitrogens with zero attached hydrogens (tertiary/aromatic N) is 3. The second kappa shape index (κ2) is 9.60. The molecular weight excluding hydrogens is 455 g/mol. The molecule has 1 N–H and O–H groups in total. The van der Waals surface area contributed by atoms with Crippen LogP contribution in [0.2, 0.25) is 10.0 Å². The summed E-state index contributed by atoms with van der Waals surface area (Å²) in [7, 11) is 0. The SMILES string of the molecule is CC(Sc1nnc(-c2ccco2)n1Cc1ccccc1)C(=O)Nc1cccc(Cl)c1Cl. The van der Waals surface area contributed by atoms with Gasteiger partial charge in [-0.3, -0.25) is 9.36 Å². The van der Waals surface area contributed by atoms with Gasteiger partial charge in [0.1, 0.15) is 0 Å². The largest absolute Gasteiger partial charge is 0.461 e. The fraction of sp³-hybridized carbons (Fsp3) is 0.136. The fourth-order valence-electron chi connectivity index (χ4n) is 2.92. The molecule has 0 saturated carbocycles. The van der Waals surface area contributed by atoms with Crippen molar-refractivity contribution in [3.05, 3.63) is 82.5 Å². The van der Waals surface area contributed by atoms with Gasteiger partial charge in [0.15, 0.2) is 10.9 Å². The molecule has 1 unspecified atom stereocenters. The van der Waals surface area contributed by atoms with E-state index in [2.05, 4.69) is 15.5 Å². The molecule has 4 rings (SSSR count). The van der Waals surface area contributed by atoms with Crippen LogP contribution in [-0.2, 0) is 11.3 Å². The lowest BCUT2D eigenvalue weighted by molar-refractivity contribution is -0.115. The topological polar surface area (TPSA) is 73.0 Å². The molecule has 0 fully saturated rings. The van der Waals surface area contributed by atoms with Gasteiger partial charge in [-0.2, -0.15) is 0 Å². The van der Waals surface area contributed by atoms with Crippen LogP contribution in [0.15, 0.2) is 76.5 Å². The van der Waals surface area contributed by atoms with Crippen molar-refractivity contribution >= 4 is 46.6 Å². The van der Waals surface area contributed by atoms with Gasteiger partial charge in [-0.1, -0.05) is 71.4 Å². The van der Waals surface area contributed by atoms with E-state index < -0.39 is 5.25 Å². The van der Waals surface area contributed by atoms with Crippen LogP contribution in [0, 0.1) is 0 Å². The third-order valence-corrected chi connectivity index (χ3v) is 6.40. The van der Waals surface area contributed by atoms with Crippen molar-refractivity contribution < 1.29 is 9.21 Å². The molecule has 2 aromatic carbocycles. The molecule has 0 radical (unpaired) electrons. The van der Waals surface area contributed by atoms with Gasteiger partial charge in [0.05, 0.1) is 33.8 Å². The predicted octanol–water partition coefficient (Wildman–Crippen LogP) is 6.01. The fourth-order valence-corrected chi connectivity index (χ4v) is 4.12. The molecule has 1 atom stereocenters. The Morgan fingerprint density at radius 3 is 2.65 bits per heavy atom. The molecule has 0 aliphatic heterocycles. The summed E-state index contributed by atoms with van der Waals surface area (Å²) in [4.78, 5) is 12.8. The van der Waals surface area contributed by atoms with Gasteiger partial charge in [0, 0.05) is 0 Å². The normalized spacial score (nSPS) is 12.0. The third kappa shape index (κ3) is 4.95. The van der Waals surface area contributed by atoms with Gasteiger partial charge >= 0.3 is 0 Å². The summed E-state index contributed by atoms with van der Waals surface area (Å²) in [5.41, 5.74) is 1.55. The lowest BCUT2D eigenvalue weighted by Crippen LogP contribution is -2.23. The van der Waals surface area contributed by atoms with Gasteiger partial charge < -0.3 is 9.73 Å². The molecular formula is C22H18Cl2N4O2S. The van der Waals surface area contributed by atoms with Gasteiger partial charge in [0.25, 0.3) is 0 Å². The third-order valence-electron chi connectivity index (χ3n) is 4.50. The summed E-state index contributed by atoms with van der Waals surface area (Å²) >= 11 is 13.5. The number of furan rings is 1. The van der Waals surface area contributed by atoms with Crippen molar-refractivity contribution in [2.24, 2.45) is 0 Å². The van der Waals surface area contributed by atoms with Crippen molar-refractivity contribution in [2.75, 3.05) is 5.32 Å². The lowest BCUT2D eigenvalue weighted by atomic mass is 10.2. The number of hydrogen-bond acceptors (Lipinski definition) is 5. The highest BCUT2D eigenvalue weighted by atomic mass is 35.5. The van der Waals surface area contributed by atoms with Gasteiger partial charge in [-0.15, -0.1) is 10.2 Å². The minimum absolute atomic E-state index is 0.219. The van der Waals surface area contributed by atoms with E-state index in [0.29, 0.717) is 39.0 Å². The maximum atomic E-state index is 12.8. The number of benzene rings is 2. The number of thioether (sulfide) groups is 1. The summed E-state index contributed by atoms with van der Waals surface area (Å²) in [6.07, 6.45) is 1.59. The van der Waals surface area contributed by atoms with Crippen LogP contribution in [0.3, 0.4) is 0 Å². The Kier molecular flexibility index (Phi) is 6.65. The van der Waals surface area contributed by atoms with E-state index in [0.717, 1.165) is 5.56 Å². The van der Waals surface area contributed by atoms with Crippen molar-refractivity contribution in [1.29, 1.82) is 0 Å². The molecule has 2 heterocycles. The Balaban J connectivity index is 1.57. The van der Waals surface area contributed by atoms with E-state index >= 15 is 0 Å². The molecule has 0 spiro atoms. The van der Waals surface area contributed by atoms with Crippen molar-refractivity contribution in [3.63, 3.8) is 0 Å². The van der Waals surface area contributed by atoms with Crippen LogP contribution in [0.5, 0.6) is 0 Å². The summed E-state index contributed by atoms with van der Waals surface area (Å²) in [5, 5.41) is 12.3. The highest BCUT2D eigenvalue weighted by Crippen LogP contribution is 2.32. The summed E-state index contributed by atoms with van der Waals surface area (Å²) in [6, 6.07) is 18.7.